The van der Waals surface area contributed by atoms with Crippen molar-refractivity contribution in [3.05, 3.63) is 58.5 Å². The molecule has 1 heterocycles. The maximum absolute atomic E-state index is 10.7. The molecule has 0 aliphatic heterocycles. The van der Waals surface area contributed by atoms with E-state index in [9.17, 15) is 4.79 Å². The van der Waals surface area contributed by atoms with Gasteiger partial charge >= 0.3 is 5.97 Å². The summed E-state index contributed by atoms with van der Waals surface area (Å²) < 4.78 is 5.45. The lowest BCUT2D eigenvalue weighted by Gasteiger charge is -2.41. The van der Waals surface area contributed by atoms with Gasteiger partial charge in [0.2, 0.25) is 0 Å². The van der Waals surface area contributed by atoms with Gasteiger partial charge in [-0.3, -0.25) is 4.79 Å². The molecule has 0 fully saturated rings. The third kappa shape index (κ3) is 3.64. The van der Waals surface area contributed by atoms with Gasteiger partial charge in [-0.2, -0.15) is 0 Å². The molecule has 1 aliphatic rings. The van der Waals surface area contributed by atoms with Crippen molar-refractivity contribution in [3.63, 3.8) is 0 Å². The highest BCUT2D eigenvalue weighted by atomic mass is 16.4. The summed E-state index contributed by atoms with van der Waals surface area (Å²) in [6, 6.07) is 9.85. The Hall–Kier alpha value is -2.47. The fraction of sp³-hybridized carbons (Fsp3) is 0.409. The van der Waals surface area contributed by atoms with Gasteiger partial charge in [-0.1, -0.05) is 39.7 Å². The molecule has 1 aliphatic carbocycles. The average molecular weight is 336 g/mol. The van der Waals surface area contributed by atoms with E-state index in [1.807, 2.05) is 0 Å². The van der Waals surface area contributed by atoms with Crippen LogP contribution in [0, 0.1) is 11.8 Å². The molecule has 0 atom stereocenters. The molecule has 0 radical (unpaired) electrons. The number of fused-ring (bicyclic) bond motifs is 1. The quantitative estimate of drug-likeness (QED) is 0.812. The van der Waals surface area contributed by atoms with Crippen molar-refractivity contribution < 1.29 is 14.3 Å². The van der Waals surface area contributed by atoms with Crippen LogP contribution in [0.5, 0.6) is 0 Å². The fourth-order valence-corrected chi connectivity index (χ4v) is 3.49. The Kier molecular flexibility index (Phi) is 4.24. The highest BCUT2D eigenvalue weighted by Gasteiger charge is 2.36. The van der Waals surface area contributed by atoms with Crippen molar-refractivity contribution in [2.45, 2.75) is 57.8 Å². The van der Waals surface area contributed by atoms with Crippen LogP contribution in [0.1, 0.15) is 68.7 Å². The molecule has 0 spiro atoms. The Morgan fingerprint density at radius 1 is 1.04 bits per heavy atom. The van der Waals surface area contributed by atoms with Crippen LogP contribution >= 0.6 is 0 Å². The Morgan fingerprint density at radius 2 is 1.72 bits per heavy atom. The lowest BCUT2D eigenvalue weighted by atomic mass is 9.63. The summed E-state index contributed by atoms with van der Waals surface area (Å²) in [6.45, 7) is 9.20. The maximum Gasteiger partial charge on any atom is 0.311 e. The standard InChI is InChI=1S/C22H24O3/c1-21(2)11-12-22(3,4)19-13-15(6-10-18(19)21)5-7-16-8-9-17(25-16)14-20(23)24/h6,8-10,13H,11-12,14H2,1-4H3,(H,23,24). The predicted molar refractivity (Wildman–Crippen MR) is 97.8 cm³/mol. The molecule has 0 saturated carbocycles. The van der Waals surface area contributed by atoms with Gasteiger partial charge in [-0.15, -0.1) is 0 Å². The summed E-state index contributed by atoms with van der Waals surface area (Å²) in [6.07, 6.45) is 2.24. The molecule has 3 heteroatoms. The van der Waals surface area contributed by atoms with Crippen molar-refractivity contribution >= 4 is 5.97 Å². The van der Waals surface area contributed by atoms with Crippen molar-refractivity contribution in [2.24, 2.45) is 0 Å². The summed E-state index contributed by atoms with van der Waals surface area (Å²) in [7, 11) is 0. The second-order valence-electron chi connectivity index (χ2n) is 8.11. The summed E-state index contributed by atoms with van der Waals surface area (Å²) >= 11 is 0. The summed E-state index contributed by atoms with van der Waals surface area (Å²) in [5, 5.41) is 8.79. The Balaban J connectivity index is 1.91. The molecule has 1 N–H and O–H groups in total. The van der Waals surface area contributed by atoms with Crippen LogP contribution in [0.4, 0.5) is 0 Å². The predicted octanol–water partition coefficient (Wildman–Crippen LogP) is 4.66. The molecule has 0 amide bonds. The minimum Gasteiger partial charge on any atom is -0.481 e. The van der Waals surface area contributed by atoms with E-state index in [0.717, 1.165) is 5.56 Å². The molecule has 130 valence electrons. The van der Waals surface area contributed by atoms with Crippen LogP contribution < -0.4 is 0 Å². The van der Waals surface area contributed by atoms with Gasteiger partial charge in [0.25, 0.3) is 0 Å². The first-order valence-corrected chi connectivity index (χ1v) is 8.65. The Bertz CT molecular complexity index is 872. The van der Waals surface area contributed by atoms with E-state index in [2.05, 4.69) is 57.7 Å². The Morgan fingerprint density at radius 3 is 2.40 bits per heavy atom. The number of carboxylic acid groups (broad SMARTS) is 1. The van der Waals surface area contributed by atoms with Gasteiger partial charge in [0.05, 0.1) is 0 Å². The zero-order chi connectivity index (χ0) is 18.2. The number of carbonyl (C=O) groups is 1. The van der Waals surface area contributed by atoms with E-state index in [1.54, 1.807) is 12.1 Å². The molecule has 3 rings (SSSR count). The second kappa shape index (κ2) is 6.11. The number of hydrogen-bond acceptors (Lipinski definition) is 2. The van der Waals surface area contributed by atoms with Crippen molar-refractivity contribution in [2.75, 3.05) is 0 Å². The van der Waals surface area contributed by atoms with Crippen LogP contribution in [0.25, 0.3) is 0 Å². The van der Waals surface area contributed by atoms with Crippen LogP contribution in [-0.4, -0.2) is 11.1 Å². The minimum atomic E-state index is -0.909. The van der Waals surface area contributed by atoms with E-state index >= 15 is 0 Å². The van der Waals surface area contributed by atoms with Crippen LogP contribution in [0.15, 0.2) is 34.7 Å². The zero-order valence-corrected chi connectivity index (χ0v) is 15.3. The normalized spacial score (nSPS) is 17.3. The third-order valence-corrected chi connectivity index (χ3v) is 5.17. The van der Waals surface area contributed by atoms with E-state index in [0.29, 0.717) is 11.5 Å². The van der Waals surface area contributed by atoms with Crippen LogP contribution in [0.2, 0.25) is 0 Å². The van der Waals surface area contributed by atoms with E-state index in [4.69, 9.17) is 9.52 Å². The number of rotatable bonds is 2. The van der Waals surface area contributed by atoms with E-state index in [-0.39, 0.29) is 17.3 Å². The van der Waals surface area contributed by atoms with Crippen molar-refractivity contribution in [1.29, 1.82) is 0 Å². The summed E-state index contributed by atoms with van der Waals surface area (Å²) in [5.74, 6) is 6.16. The largest absolute Gasteiger partial charge is 0.481 e. The van der Waals surface area contributed by atoms with Crippen molar-refractivity contribution in [3.8, 4) is 11.8 Å². The number of hydrogen-bond donors (Lipinski definition) is 1. The minimum absolute atomic E-state index is 0.121. The first kappa shape index (κ1) is 17.4. The fourth-order valence-electron chi connectivity index (χ4n) is 3.49. The third-order valence-electron chi connectivity index (χ3n) is 5.17. The molecule has 3 nitrogen and oxygen atoms in total. The number of benzene rings is 1. The van der Waals surface area contributed by atoms with Gasteiger partial charge in [-0.05, 0) is 65.0 Å². The van der Waals surface area contributed by atoms with Crippen LogP contribution in [-0.2, 0) is 22.0 Å². The lowest BCUT2D eigenvalue weighted by Crippen LogP contribution is -2.33. The van der Waals surface area contributed by atoms with E-state index < -0.39 is 5.97 Å². The summed E-state index contributed by atoms with van der Waals surface area (Å²) in [4.78, 5) is 10.7. The number of carboxylic acids is 1. The SMILES string of the molecule is CC1(C)CCC(C)(C)c2cc(C#Cc3ccc(CC(=O)O)o3)ccc21. The molecule has 1 aromatic heterocycles. The molecule has 25 heavy (non-hydrogen) atoms. The zero-order valence-electron chi connectivity index (χ0n) is 15.3. The first-order valence-electron chi connectivity index (χ1n) is 8.65. The number of aliphatic carboxylic acids is 1. The average Bonchev–Trinajstić information content (AvgIpc) is 2.96. The van der Waals surface area contributed by atoms with E-state index in [1.165, 1.54) is 24.0 Å². The summed E-state index contributed by atoms with van der Waals surface area (Å²) in [5.41, 5.74) is 4.10. The number of furan rings is 1. The molecule has 1 aromatic carbocycles. The lowest BCUT2D eigenvalue weighted by molar-refractivity contribution is -0.136. The molecule has 0 saturated heterocycles. The molecular weight excluding hydrogens is 312 g/mol. The highest BCUT2D eigenvalue weighted by molar-refractivity contribution is 5.69. The molecule has 2 aromatic rings. The molecule has 0 bridgehead atoms. The van der Waals surface area contributed by atoms with Gasteiger partial charge < -0.3 is 9.52 Å². The van der Waals surface area contributed by atoms with Crippen molar-refractivity contribution in [1.82, 2.24) is 0 Å². The smallest absolute Gasteiger partial charge is 0.311 e. The topological polar surface area (TPSA) is 50.4 Å². The molecule has 0 unspecified atom stereocenters. The monoisotopic (exact) mass is 336 g/mol. The van der Waals surface area contributed by atoms with Crippen LogP contribution in [0.3, 0.4) is 0 Å². The highest BCUT2D eigenvalue weighted by Crippen LogP contribution is 2.45. The van der Waals surface area contributed by atoms with Gasteiger partial charge in [-0.25, -0.2) is 0 Å². The second-order valence-corrected chi connectivity index (χ2v) is 8.11. The van der Waals surface area contributed by atoms with Gasteiger partial charge in [0, 0.05) is 5.56 Å². The Labute approximate surface area is 149 Å². The van der Waals surface area contributed by atoms with Gasteiger partial charge in [0.15, 0.2) is 5.76 Å². The maximum atomic E-state index is 10.7. The molecular formula is C22H24O3. The first-order chi connectivity index (χ1) is 11.7. The van der Waals surface area contributed by atoms with Gasteiger partial charge in [0.1, 0.15) is 12.2 Å².